The van der Waals surface area contributed by atoms with Gasteiger partial charge in [-0.3, -0.25) is 14.5 Å². The van der Waals surface area contributed by atoms with Crippen LogP contribution < -0.4 is 4.90 Å². The highest BCUT2D eigenvalue weighted by atomic mass is 16.2. The van der Waals surface area contributed by atoms with Gasteiger partial charge in [0.25, 0.3) is 0 Å². The molecule has 0 aromatic carbocycles. The lowest BCUT2D eigenvalue weighted by Crippen LogP contribution is -2.53. The molecule has 0 unspecified atom stereocenters. The fraction of sp³-hybridized carbons (Fsp3) is 0.600. The maximum absolute atomic E-state index is 12.4. The average molecular weight is 318 g/mol. The zero-order valence-electron chi connectivity index (χ0n) is 13.2. The Morgan fingerprint density at radius 1 is 1.00 bits per heavy atom. The average Bonchev–Trinajstić information content (AvgIpc) is 2.63. The molecular weight excluding hydrogens is 296 g/mol. The summed E-state index contributed by atoms with van der Waals surface area (Å²) in [7, 11) is 0. The number of carbonyl (C=O) groups is 2. The number of aromatic nitrogens is 2. The largest absolute Gasteiger partial charge is 0.342 e. The molecule has 0 bridgehead atoms. The number of rotatable bonds is 4. The molecule has 0 spiro atoms. The summed E-state index contributed by atoms with van der Waals surface area (Å²) >= 11 is 0. The molecule has 2 amide bonds. The first kappa shape index (κ1) is 15.7. The third kappa shape index (κ3) is 3.95. The van der Waals surface area contributed by atoms with E-state index in [-0.39, 0.29) is 5.91 Å². The van der Waals surface area contributed by atoms with E-state index >= 15 is 0 Å². The van der Waals surface area contributed by atoms with Crippen LogP contribution in [-0.4, -0.2) is 95.9 Å². The predicted octanol–water partition coefficient (Wildman–Crippen LogP) is -1.10. The number of hydrogen-bond donors (Lipinski definition) is 0. The first-order valence-corrected chi connectivity index (χ1v) is 7.98. The van der Waals surface area contributed by atoms with Crippen LogP contribution in [0.5, 0.6) is 0 Å². The van der Waals surface area contributed by atoms with Crippen molar-refractivity contribution in [2.24, 2.45) is 0 Å². The maximum Gasteiger partial charge on any atom is 0.236 e. The molecule has 1 aromatic heterocycles. The van der Waals surface area contributed by atoms with Crippen LogP contribution in [-0.2, 0) is 9.59 Å². The lowest BCUT2D eigenvalue weighted by atomic mass is 10.3. The van der Waals surface area contributed by atoms with Crippen molar-refractivity contribution in [1.29, 1.82) is 0 Å². The van der Waals surface area contributed by atoms with Gasteiger partial charge in [0.05, 0.1) is 6.54 Å². The molecule has 3 rings (SSSR count). The van der Waals surface area contributed by atoms with E-state index in [0.29, 0.717) is 32.7 Å². The van der Waals surface area contributed by atoms with E-state index < -0.39 is 0 Å². The lowest BCUT2D eigenvalue weighted by molar-refractivity contribution is -0.136. The van der Waals surface area contributed by atoms with Gasteiger partial charge in [0.15, 0.2) is 0 Å². The van der Waals surface area contributed by atoms with Gasteiger partial charge in [0, 0.05) is 64.8 Å². The smallest absolute Gasteiger partial charge is 0.236 e. The van der Waals surface area contributed by atoms with E-state index in [1.54, 1.807) is 17.3 Å². The van der Waals surface area contributed by atoms with E-state index in [1.165, 1.54) is 0 Å². The topological polar surface area (TPSA) is 72.9 Å². The first-order valence-electron chi connectivity index (χ1n) is 7.98. The second kappa shape index (κ2) is 7.36. The number of amides is 2. The van der Waals surface area contributed by atoms with Crippen molar-refractivity contribution in [3.63, 3.8) is 0 Å². The SMILES string of the molecule is O=CN1CCN(C(=O)CN2CCN(c3ncccn3)CC2)CC1. The van der Waals surface area contributed by atoms with Crippen LogP contribution in [0.15, 0.2) is 18.5 Å². The molecule has 0 radical (unpaired) electrons. The molecule has 1 aromatic rings. The number of piperazine rings is 2. The zero-order chi connectivity index (χ0) is 16.1. The summed E-state index contributed by atoms with van der Waals surface area (Å²) in [5.41, 5.74) is 0. The Balaban J connectivity index is 1.44. The summed E-state index contributed by atoms with van der Waals surface area (Å²) in [5, 5.41) is 0. The number of carbonyl (C=O) groups excluding carboxylic acids is 2. The van der Waals surface area contributed by atoms with Crippen LogP contribution in [0, 0.1) is 0 Å². The Bertz CT molecular complexity index is 524. The minimum Gasteiger partial charge on any atom is -0.342 e. The van der Waals surface area contributed by atoms with Gasteiger partial charge in [0.2, 0.25) is 18.3 Å². The number of nitrogens with zero attached hydrogens (tertiary/aromatic N) is 6. The van der Waals surface area contributed by atoms with Gasteiger partial charge in [-0.25, -0.2) is 9.97 Å². The Morgan fingerprint density at radius 3 is 2.26 bits per heavy atom. The molecule has 2 aliphatic rings. The van der Waals surface area contributed by atoms with Crippen molar-refractivity contribution in [3.8, 4) is 0 Å². The third-order valence-corrected chi connectivity index (χ3v) is 4.38. The highest BCUT2D eigenvalue weighted by molar-refractivity contribution is 5.78. The monoisotopic (exact) mass is 318 g/mol. The van der Waals surface area contributed by atoms with Crippen molar-refractivity contribution in [2.75, 3.05) is 63.8 Å². The van der Waals surface area contributed by atoms with Crippen LogP contribution in [0.1, 0.15) is 0 Å². The van der Waals surface area contributed by atoms with Gasteiger partial charge in [-0.1, -0.05) is 0 Å². The highest BCUT2D eigenvalue weighted by Crippen LogP contribution is 2.10. The van der Waals surface area contributed by atoms with Gasteiger partial charge in [-0.2, -0.15) is 0 Å². The molecule has 0 N–H and O–H groups in total. The Labute approximate surface area is 135 Å². The summed E-state index contributed by atoms with van der Waals surface area (Å²) in [6, 6.07) is 1.81. The molecule has 0 aliphatic carbocycles. The van der Waals surface area contributed by atoms with Crippen LogP contribution in [0.4, 0.5) is 5.95 Å². The molecule has 124 valence electrons. The molecule has 8 nitrogen and oxygen atoms in total. The molecule has 2 aliphatic heterocycles. The number of anilines is 1. The molecule has 8 heteroatoms. The molecular formula is C15H22N6O2. The first-order chi connectivity index (χ1) is 11.3. The minimum atomic E-state index is 0.153. The fourth-order valence-corrected chi connectivity index (χ4v) is 2.93. The molecule has 2 saturated heterocycles. The fourth-order valence-electron chi connectivity index (χ4n) is 2.93. The Hall–Kier alpha value is -2.22. The van der Waals surface area contributed by atoms with Crippen molar-refractivity contribution in [2.45, 2.75) is 0 Å². The maximum atomic E-state index is 12.4. The molecule has 23 heavy (non-hydrogen) atoms. The summed E-state index contributed by atoms with van der Waals surface area (Å²) in [6.07, 6.45) is 4.35. The van der Waals surface area contributed by atoms with E-state index in [9.17, 15) is 9.59 Å². The normalized spacial score (nSPS) is 19.7. The Kier molecular flexibility index (Phi) is 5.02. The molecule has 0 saturated carbocycles. The molecule has 0 atom stereocenters. The van der Waals surface area contributed by atoms with Crippen molar-refractivity contribution in [3.05, 3.63) is 18.5 Å². The quantitative estimate of drug-likeness (QED) is 0.656. The summed E-state index contributed by atoms with van der Waals surface area (Å²) in [5.74, 6) is 0.906. The highest BCUT2D eigenvalue weighted by Gasteiger charge is 2.24. The van der Waals surface area contributed by atoms with Gasteiger partial charge in [-0.15, -0.1) is 0 Å². The Morgan fingerprint density at radius 2 is 1.65 bits per heavy atom. The van der Waals surface area contributed by atoms with E-state index in [1.807, 2.05) is 11.0 Å². The minimum absolute atomic E-state index is 0.153. The molecule has 3 heterocycles. The van der Waals surface area contributed by atoms with Gasteiger partial charge in [-0.05, 0) is 6.07 Å². The third-order valence-electron chi connectivity index (χ3n) is 4.38. The number of hydrogen-bond acceptors (Lipinski definition) is 6. The van der Waals surface area contributed by atoms with Crippen LogP contribution in [0.2, 0.25) is 0 Å². The van der Waals surface area contributed by atoms with Crippen molar-refractivity contribution in [1.82, 2.24) is 24.7 Å². The second-order valence-corrected chi connectivity index (χ2v) is 5.83. The van der Waals surface area contributed by atoms with Gasteiger partial charge >= 0.3 is 0 Å². The van der Waals surface area contributed by atoms with E-state index in [2.05, 4.69) is 19.8 Å². The van der Waals surface area contributed by atoms with Crippen LogP contribution in [0.3, 0.4) is 0 Å². The standard InChI is InChI=1S/C15H22N6O2/c22-13-19-6-8-20(9-7-19)14(23)12-18-4-10-21(11-5-18)15-16-2-1-3-17-15/h1-3,13H,4-12H2. The van der Waals surface area contributed by atoms with Gasteiger partial charge in [0.1, 0.15) is 0 Å². The van der Waals surface area contributed by atoms with Crippen molar-refractivity contribution >= 4 is 18.3 Å². The predicted molar refractivity (Wildman–Crippen MR) is 84.9 cm³/mol. The summed E-state index contributed by atoms with van der Waals surface area (Å²) in [6.45, 7) is 6.31. The van der Waals surface area contributed by atoms with E-state index in [4.69, 9.17) is 0 Å². The second-order valence-electron chi connectivity index (χ2n) is 5.83. The van der Waals surface area contributed by atoms with Crippen molar-refractivity contribution < 1.29 is 9.59 Å². The summed E-state index contributed by atoms with van der Waals surface area (Å²) < 4.78 is 0. The van der Waals surface area contributed by atoms with E-state index in [0.717, 1.165) is 38.5 Å². The molecule has 2 fully saturated rings. The zero-order valence-corrected chi connectivity index (χ0v) is 13.2. The van der Waals surface area contributed by atoms with Gasteiger partial charge < -0.3 is 14.7 Å². The van der Waals surface area contributed by atoms with Crippen LogP contribution in [0.25, 0.3) is 0 Å². The lowest BCUT2D eigenvalue weighted by Gasteiger charge is -2.37. The van der Waals surface area contributed by atoms with Crippen LogP contribution >= 0.6 is 0 Å². The summed E-state index contributed by atoms with van der Waals surface area (Å²) in [4.78, 5) is 39.5.